The zero-order valence-electron chi connectivity index (χ0n) is 17.0. The number of nitrogens with one attached hydrogen (secondary N) is 1. The van der Waals surface area contributed by atoms with Crippen molar-refractivity contribution in [1.29, 1.82) is 5.26 Å². The average molecular weight is 474 g/mol. The summed E-state index contributed by atoms with van der Waals surface area (Å²) in [5.74, 6) is -2.04. The third-order valence-corrected chi connectivity index (χ3v) is 5.59. The van der Waals surface area contributed by atoms with Gasteiger partial charge in [0.05, 0.1) is 22.8 Å². The monoisotopic (exact) mass is 474 g/mol. The van der Waals surface area contributed by atoms with Gasteiger partial charge in [0.2, 0.25) is 0 Å². The molecule has 3 rings (SSSR count). The first-order chi connectivity index (χ1) is 15.1. The first-order valence-electron chi connectivity index (χ1n) is 9.61. The van der Waals surface area contributed by atoms with E-state index in [4.69, 9.17) is 5.26 Å². The average Bonchev–Trinajstić information content (AvgIpc) is 3.46. The third kappa shape index (κ3) is 5.11. The standard InChI is InChI=1S/C22H17F7N2O2/c1-19(33,18(32)31-14-4-2-12(10-30)15(9-14)22(27,28)29)11-20(6-7-20)16-8-13(21(24,25)26)3-5-17(16)23/h2-5,8-9,33H,6-7,11H2,1H3,(H,31,32). The van der Waals surface area contributed by atoms with Crippen LogP contribution in [-0.4, -0.2) is 16.6 Å². The van der Waals surface area contributed by atoms with E-state index >= 15 is 0 Å². The minimum atomic E-state index is -4.87. The molecule has 1 amide bonds. The molecule has 11 heteroatoms. The summed E-state index contributed by atoms with van der Waals surface area (Å²) in [5.41, 5.74) is -7.13. The van der Waals surface area contributed by atoms with Crippen LogP contribution in [0.15, 0.2) is 36.4 Å². The SMILES string of the molecule is CC(O)(CC1(c2cc(C(F)(F)F)ccc2F)CC1)C(=O)Nc1ccc(C#N)c(C(F)(F)F)c1. The Morgan fingerprint density at radius 3 is 2.24 bits per heavy atom. The number of aliphatic hydroxyl groups is 1. The van der Waals surface area contributed by atoms with Gasteiger partial charge in [0.15, 0.2) is 0 Å². The van der Waals surface area contributed by atoms with Gasteiger partial charge in [0.1, 0.15) is 11.4 Å². The molecule has 0 aliphatic heterocycles. The normalized spacial score (nSPS) is 17.1. The van der Waals surface area contributed by atoms with Crippen molar-refractivity contribution >= 4 is 11.6 Å². The maximum absolute atomic E-state index is 14.4. The van der Waals surface area contributed by atoms with Crippen molar-refractivity contribution < 1.29 is 40.6 Å². The van der Waals surface area contributed by atoms with Crippen LogP contribution >= 0.6 is 0 Å². The molecule has 0 heterocycles. The number of anilines is 1. The number of carbonyl (C=O) groups excluding carboxylic acids is 1. The van der Waals surface area contributed by atoms with Crippen LogP contribution in [-0.2, 0) is 22.6 Å². The van der Waals surface area contributed by atoms with Crippen molar-refractivity contribution in [3.63, 3.8) is 0 Å². The second kappa shape index (κ2) is 8.02. The van der Waals surface area contributed by atoms with Crippen molar-refractivity contribution in [3.05, 3.63) is 64.5 Å². The summed E-state index contributed by atoms with van der Waals surface area (Å²) in [7, 11) is 0. The highest BCUT2D eigenvalue weighted by molar-refractivity contribution is 5.97. The van der Waals surface area contributed by atoms with Gasteiger partial charge < -0.3 is 10.4 Å². The van der Waals surface area contributed by atoms with E-state index in [1.807, 2.05) is 0 Å². The lowest BCUT2D eigenvalue weighted by molar-refractivity contribution is -0.138. The fraction of sp³-hybridized carbons (Fsp3) is 0.364. The summed E-state index contributed by atoms with van der Waals surface area (Å²) in [4.78, 5) is 12.6. The van der Waals surface area contributed by atoms with E-state index in [0.717, 1.165) is 19.1 Å². The predicted octanol–water partition coefficient (Wildman–Crippen LogP) is 5.55. The first kappa shape index (κ1) is 24.5. The van der Waals surface area contributed by atoms with Crippen molar-refractivity contribution in [1.82, 2.24) is 0 Å². The van der Waals surface area contributed by atoms with Gasteiger partial charge in [-0.05, 0) is 68.1 Å². The molecule has 0 aromatic heterocycles. The highest BCUT2D eigenvalue weighted by Crippen LogP contribution is 2.54. The summed E-state index contributed by atoms with van der Waals surface area (Å²) in [6, 6.07) is 5.72. The van der Waals surface area contributed by atoms with Gasteiger partial charge in [-0.1, -0.05) is 0 Å². The van der Waals surface area contributed by atoms with Crippen LogP contribution in [0, 0.1) is 17.1 Å². The Labute approximate surface area is 183 Å². The molecular formula is C22H17F7N2O2. The topological polar surface area (TPSA) is 73.1 Å². The molecule has 1 fully saturated rings. The summed E-state index contributed by atoms with van der Waals surface area (Å²) in [6.07, 6.45) is -9.61. The molecule has 4 nitrogen and oxygen atoms in total. The molecule has 2 aromatic rings. The maximum Gasteiger partial charge on any atom is 0.417 e. The van der Waals surface area contributed by atoms with E-state index in [1.54, 1.807) is 0 Å². The number of nitrogens with zero attached hydrogens (tertiary/aromatic N) is 1. The van der Waals surface area contributed by atoms with Gasteiger partial charge >= 0.3 is 12.4 Å². The smallest absolute Gasteiger partial charge is 0.380 e. The molecule has 1 unspecified atom stereocenters. The van der Waals surface area contributed by atoms with Gasteiger partial charge in [-0.15, -0.1) is 0 Å². The highest BCUT2D eigenvalue weighted by atomic mass is 19.4. The number of carbonyl (C=O) groups is 1. The van der Waals surface area contributed by atoms with E-state index in [-0.39, 0.29) is 24.1 Å². The van der Waals surface area contributed by atoms with Crippen LogP contribution in [0.25, 0.3) is 0 Å². The number of halogens is 7. The number of amides is 1. The highest BCUT2D eigenvalue weighted by Gasteiger charge is 2.52. The Bertz CT molecular complexity index is 1130. The van der Waals surface area contributed by atoms with Gasteiger partial charge in [-0.3, -0.25) is 4.79 Å². The van der Waals surface area contributed by atoms with Crippen LogP contribution in [0.1, 0.15) is 48.4 Å². The summed E-state index contributed by atoms with van der Waals surface area (Å²) in [5, 5.41) is 21.7. The van der Waals surface area contributed by atoms with Gasteiger partial charge in [-0.25, -0.2) is 4.39 Å². The minimum Gasteiger partial charge on any atom is -0.380 e. The Balaban J connectivity index is 1.85. The fourth-order valence-corrected chi connectivity index (χ4v) is 3.76. The van der Waals surface area contributed by atoms with Crippen molar-refractivity contribution in [2.24, 2.45) is 0 Å². The van der Waals surface area contributed by atoms with Crippen molar-refractivity contribution in [2.75, 3.05) is 5.32 Å². The quantitative estimate of drug-likeness (QED) is 0.559. The lowest BCUT2D eigenvalue weighted by atomic mass is 9.82. The number of benzene rings is 2. The van der Waals surface area contributed by atoms with Gasteiger partial charge in [0.25, 0.3) is 5.91 Å². The van der Waals surface area contributed by atoms with Gasteiger partial charge in [0, 0.05) is 11.1 Å². The third-order valence-electron chi connectivity index (χ3n) is 5.59. The van der Waals surface area contributed by atoms with Crippen LogP contribution in [0.2, 0.25) is 0 Å². The van der Waals surface area contributed by atoms with Crippen LogP contribution < -0.4 is 5.32 Å². The molecule has 0 saturated heterocycles. The molecule has 2 N–H and O–H groups in total. The predicted molar refractivity (Wildman–Crippen MR) is 102 cm³/mol. The molecule has 33 heavy (non-hydrogen) atoms. The molecule has 0 radical (unpaired) electrons. The van der Waals surface area contributed by atoms with E-state index in [0.29, 0.717) is 24.3 Å². The Hall–Kier alpha value is -3.13. The van der Waals surface area contributed by atoms with Gasteiger partial charge in [-0.2, -0.15) is 31.6 Å². The zero-order chi connectivity index (χ0) is 24.8. The van der Waals surface area contributed by atoms with Crippen molar-refractivity contribution in [3.8, 4) is 6.07 Å². The van der Waals surface area contributed by atoms with Crippen LogP contribution in [0.5, 0.6) is 0 Å². The lowest BCUT2D eigenvalue weighted by Crippen LogP contribution is -2.43. The van der Waals surface area contributed by atoms with E-state index in [2.05, 4.69) is 5.32 Å². The van der Waals surface area contributed by atoms with Crippen molar-refractivity contribution in [2.45, 2.75) is 49.6 Å². The van der Waals surface area contributed by atoms with E-state index < -0.39 is 58.2 Å². The fourth-order valence-electron chi connectivity index (χ4n) is 3.76. The second-order valence-corrected chi connectivity index (χ2v) is 8.25. The zero-order valence-corrected chi connectivity index (χ0v) is 17.0. The number of nitriles is 1. The Morgan fingerprint density at radius 2 is 1.73 bits per heavy atom. The lowest BCUT2D eigenvalue weighted by Gasteiger charge is -2.28. The first-order valence-corrected chi connectivity index (χ1v) is 9.61. The summed E-state index contributed by atoms with van der Waals surface area (Å²) < 4.78 is 92.9. The number of hydrogen-bond acceptors (Lipinski definition) is 3. The van der Waals surface area contributed by atoms with Crippen LogP contribution in [0.3, 0.4) is 0 Å². The maximum atomic E-state index is 14.4. The van der Waals surface area contributed by atoms with E-state index in [1.165, 1.54) is 6.07 Å². The number of alkyl halides is 6. The molecule has 0 spiro atoms. The molecule has 0 bridgehead atoms. The Morgan fingerprint density at radius 1 is 1.09 bits per heavy atom. The number of rotatable bonds is 5. The molecule has 2 aromatic carbocycles. The number of hydrogen-bond donors (Lipinski definition) is 2. The summed E-state index contributed by atoms with van der Waals surface area (Å²) >= 11 is 0. The molecule has 1 saturated carbocycles. The molecule has 176 valence electrons. The molecule has 1 aliphatic carbocycles. The Kier molecular flexibility index (Phi) is 5.96. The molecule has 1 aliphatic rings. The molecule has 1 atom stereocenters. The minimum absolute atomic E-state index is 0.212. The molecular weight excluding hydrogens is 457 g/mol. The summed E-state index contributed by atoms with van der Waals surface area (Å²) in [6.45, 7) is 1.04. The van der Waals surface area contributed by atoms with Crippen LogP contribution in [0.4, 0.5) is 36.4 Å². The second-order valence-electron chi connectivity index (χ2n) is 8.25. The van der Waals surface area contributed by atoms with E-state index in [9.17, 15) is 40.6 Å². The largest absolute Gasteiger partial charge is 0.417 e.